The number of hydrogen-bond acceptors (Lipinski definition) is 8. The molecule has 9 heteroatoms. The molecule has 0 atom stereocenters. The molecule has 0 unspecified atom stereocenters. The van der Waals surface area contributed by atoms with E-state index in [4.69, 9.17) is 4.74 Å². The Hall–Kier alpha value is -4.40. The molecule has 1 N–H and O–H groups in total. The van der Waals surface area contributed by atoms with Crippen molar-refractivity contribution >= 4 is 17.6 Å². The van der Waals surface area contributed by atoms with Crippen molar-refractivity contribution in [3.05, 3.63) is 99.6 Å². The Bertz CT molecular complexity index is 1080. The van der Waals surface area contributed by atoms with Crippen LogP contribution in [0.25, 0.3) is 0 Å². The molecule has 180 valence electrons. The highest BCUT2D eigenvalue weighted by molar-refractivity contribution is 5.95. The van der Waals surface area contributed by atoms with Crippen LogP contribution in [0.15, 0.2) is 72.8 Å². The number of benzene rings is 3. The summed E-state index contributed by atoms with van der Waals surface area (Å²) in [6.07, 6.45) is 0. The lowest BCUT2D eigenvalue weighted by Gasteiger charge is -2.11. The summed E-state index contributed by atoms with van der Waals surface area (Å²) in [6, 6.07) is 19.6. The van der Waals surface area contributed by atoms with Crippen LogP contribution in [0.2, 0.25) is 0 Å². The van der Waals surface area contributed by atoms with E-state index >= 15 is 0 Å². The maximum Gasteiger partial charge on any atom is 0.345 e. The third-order valence-corrected chi connectivity index (χ3v) is 4.11. The first-order valence-electron chi connectivity index (χ1n) is 10.3. The lowest BCUT2D eigenvalue weighted by atomic mass is 10.1. The summed E-state index contributed by atoms with van der Waals surface area (Å²) in [5.74, 6) is -1.06. The van der Waals surface area contributed by atoms with E-state index in [1.165, 1.54) is 44.6 Å². The van der Waals surface area contributed by atoms with E-state index in [0.29, 0.717) is 12.4 Å². The molecule has 0 radical (unpaired) electrons. The first-order chi connectivity index (χ1) is 16.4. The molecule has 0 bridgehead atoms. The SMILES string of the molecule is CC.COC(=O)c1c(O)cccc1OCc1ccccc1.COC(=O)c1cccc([N+](=O)[O-])c1. The van der Waals surface area contributed by atoms with E-state index in [1.807, 2.05) is 44.2 Å². The van der Waals surface area contributed by atoms with Gasteiger partial charge in [-0.15, -0.1) is 0 Å². The number of carbonyl (C=O) groups is 2. The summed E-state index contributed by atoms with van der Waals surface area (Å²) < 4.78 is 14.6. The minimum absolute atomic E-state index is 0.0425. The zero-order valence-corrected chi connectivity index (χ0v) is 19.4. The number of methoxy groups -OCH3 is 2. The minimum Gasteiger partial charge on any atom is -0.507 e. The number of ether oxygens (including phenoxy) is 3. The van der Waals surface area contributed by atoms with Gasteiger partial charge in [0.1, 0.15) is 23.7 Å². The molecule has 0 spiro atoms. The molecular weight excluding hydrogens is 442 g/mol. The van der Waals surface area contributed by atoms with Crippen LogP contribution in [0.4, 0.5) is 5.69 Å². The van der Waals surface area contributed by atoms with Gasteiger partial charge in [0.05, 0.1) is 24.7 Å². The van der Waals surface area contributed by atoms with Crippen LogP contribution in [-0.4, -0.2) is 36.2 Å². The number of carbonyl (C=O) groups excluding carboxylic acids is 2. The molecule has 0 heterocycles. The zero-order chi connectivity index (χ0) is 25.5. The maximum absolute atomic E-state index is 11.6. The second-order valence-electron chi connectivity index (χ2n) is 6.22. The summed E-state index contributed by atoms with van der Waals surface area (Å²) >= 11 is 0. The van der Waals surface area contributed by atoms with E-state index in [2.05, 4.69) is 9.47 Å². The number of nitrogens with zero attached hydrogens (tertiary/aromatic N) is 1. The van der Waals surface area contributed by atoms with Crippen LogP contribution in [-0.2, 0) is 16.1 Å². The first-order valence-corrected chi connectivity index (χ1v) is 10.3. The standard InChI is InChI=1S/C15H14O4.C8H7NO4.C2H6/c1-18-15(17)14-12(16)8-5-9-13(14)19-10-11-6-3-2-4-7-11;1-13-8(10)6-3-2-4-7(5-6)9(11)12;1-2/h2-9,16H,10H2,1H3;2-5H,1H3;1-2H3. The lowest BCUT2D eigenvalue weighted by molar-refractivity contribution is -0.384. The van der Waals surface area contributed by atoms with Gasteiger partial charge < -0.3 is 19.3 Å². The Kier molecular flexibility index (Phi) is 11.9. The van der Waals surface area contributed by atoms with Crippen molar-refractivity contribution in [2.75, 3.05) is 14.2 Å². The Morgan fingerprint density at radius 1 is 0.882 bits per heavy atom. The van der Waals surface area contributed by atoms with E-state index in [9.17, 15) is 24.8 Å². The number of hydrogen-bond donors (Lipinski definition) is 1. The van der Waals surface area contributed by atoms with Crippen LogP contribution in [0.5, 0.6) is 11.5 Å². The number of nitro groups is 1. The summed E-state index contributed by atoms with van der Waals surface area (Å²) in [6.45, 7) is 4.31. The lowest BCUT2D eigenvalue weighted by Crippen LogP contribution is -2.06. The van der Waals surface area contributed by atoms with Crippen molar-refractivity contribution in [2.45, 2.75) is 20.5 Å². The quantitative estimate of drug-likeness (QED) is 0.298. The third-order valence-electron chi connectivity index (χ3n) is 4.11. The minimum atomic E-state index is -0.624. The third kappa shape index (κ3) is 8.27. The summed E-state index contributed by atoms with van der Waals surface area (Å²) in [5, 5.41) is 20.0. The van der Waals surface area contributed by atoms with Gasteiger partial charge in [0.25, 0.3) is 5.69 Å². The highest BCUT2D eigenvalue weighted by Crippen LogP contribution is 2.28. The van der Waals surface area contributed by atoms with Crippen LogP contribution in [0, 0.1) is 10.1 Å². The molecule has 0 amide bonds. The fraction of sp³-hybridized carbons (Fsp3) is 0.200. The molecule has 3 aromatic rings. The molecule has 0 fully saturated rings. The first kappa shape index (κ1) is 27.6. The van der Waals surface area contributed by atoms with Gasteiger partial charge in [-0.3, -0.25) is 10.1 Å². The van der Waals surface area contributed by atoms with Gasteiger partial charge in [-0.2, -0.15) is 0 Å². The number of esters is 2. The summed E-state index contributed by atoms with van der Waals surface area (Å²) in [4.78, 5) is 32.3. The van der Waals surface area contributed by atoms with Crippen LogP contribution >= 0.6 is 0 Å². The average molecular weight is 469 g/mol. The molecular formula is C25H27NO8. The van der Waals surface area contributed by atoms with E-state index in [1.54, 1.807) is 12.1 Å². The molecule has 0 aliphatic carbocycles. The van der Waals surface area contributed by atoms with E-state index in [-0.39, 0.29) is 22.6 Å². The van der Waals surface area contributed by atoms with Gasteiger partial charge in [-0.05, 0) is 23.8 Å². The second kappa shape index (κ2) is 14.6. The number of aromatic hydroxyl groups is 1. The second-order valence-corrected chi connectivity index (χ2v) is 6.22. The average Bonchev–Trinajstić information content (AvgIpc) is 2.88. The highest BCUT2D eigenvalue weighted by Gasteiger charge is 2.18. The van der Waals surface area contributed by atoms with Crippen molar-refractivity contribution in [2.24, 2.45) is 0 Å². The van der Waals surface area contributed by atoms with Gasteiger partial charge in [0, 0.05) is 12.1 Å². The van der Waals surface area contributed by atoms with Crippen LogP contribution < -0.4 is 4.74 Å². The topological polar surface area (TPSA) is 125 Å². The normalized spacial score (nSPS) is 9.29. The number of phenols is 1. The number of phenolic OH excluding ortho intramolecular Hbond substituents is 1. The Balaban J connectivity index is 0.000000337. The zero-order valence-electron chi connectivity index (χ0n) is 19.4. The Morgan fingerprint density at radius 3 is 2.09 bits per heavy atom. The molecule has 3 aromatic carbocycles. The molecule has 0 aromatic heterocycles. The number of non-ortho nitro benzene ring substituents is 1. The fourth-order valence-corrected chi connectivity index (χ4v) is 2.55. The van der Waals surface area contributed by atoms with Crippen molar-refractivity contribution in [3.8, 4) is 11.5 Å². The highest BCUT2D eigenvalue weighted by atomic mass is 16.6. The smallest absolute Gasteiger partial charge is 0.345 e. The van der Waals surface area contributed by atoms with Crippen molar-refractivity contribution < 1.29 is 33.8 Å². The number of rotatable bonds is 6. The molecule has 0 aliphatic heterocycles. The summed E-state index contributed by atoms with van der Waals surface area (Å²) in [5.41, 5.74) is 1.07. The van der Waals surface area contributed by atoms with E-state index in [0.717, 1.165) is 5.56 Å². The van der Waals surface area contributed by atoms with Crippen molar-refractivity contribution in [3.63, 3.8) is 0 Å². The Morgan fingerprint density at radius 2 is 1.50 bits per heavy atom. The van der Waals surface area contributed by atoms with Crippen molar-refractivity contribution in [1.29, 1.82) is 0 Å². The van der Waals surface area contributed by atoms with Crippen LogP contribution in [0.3, 0.4) is 0 Å². The predicted molar refractivity (Wildman–Crippen MR) is 126 cm³/mol. The van der Waals surface area contributed by atoms with Gasteiger partial charge in [0.2, 0.25) is 0 Å². The molecule has 0 saturated carbocycles. The monoisotopic (exact) mass is 469 g/mol. The van der Waals surface area contributed by atoms with Crippen LogP contribution in [0.1, 0.15) is 40.1 Å². The maximum atomic E-state index is 11.6. The van der Waals surface area contributed by atoms with Gasteiger partial charge in [-0.25, -0.2) is 9.59 Å². The van der Waals surface area contributed by atoms with E-state index < -0.39 is 16.9 Å². The van der Waals surface area contributed by atoms with Gasteiger partial charge in [-0.1, -0.05) is 56.3 Å². The predicted octanol–water partition coefficient (Wildman–Crippen LogP) is 5.17. The van der Waals surface area contributed by atoms with Gasteiger partial charge >= 0.3 is 11.9 Å². The molecule has 0 aliphatic rings. The van der Waals surface area contributed by atoms with Crippen molar-refractivity contribution in [1.82, 2.24) is 0 Å². The molecule has 9 nitrogen and oxygen atoms in total. The fourth-order valence-electron chi connectivity index (χ4n) is 2.55. The largest absolute Gasteiger partial charge is 0.507 e. The number of nitro benzene ring substituents is 1. The Labute approximate surface area is 197 Å². The summed E-state index contributed by atoms with van der Waals surface area (Å²) in [7, 11) is 2.48. The molecule has 3 rings (SSSR count). The van der Waals surface area contributed by atoms with Gasteiger partial charge in [0.15, 0.2) is 0 Å². The molecule has 34 heavy (non-hydrogen) atoms. The molecule has 0 saturated heterocycles.